The van der Waals surface area contributed by atoms with Gasteiger partial charge in [-0.25, -0.2) is 4.39 Å². The van der Waals surface area contributed by atoms with Gasteiger partial charge in [-0.2, -0.15) is 13.2 Å². The van der Waals surface area contributed by atoms with E-state index in [0.29, 0.717) is 26.2 Å². The van der Waals surface area contributed by atoms with E-state index in [1.807, 2.05) is 4.90 Å². The van der Waals surface area contributed by atoms with Crippen LogP contribution in [0.3, 0.4) is 0 Å². The van der Waals surface area contributed by atoms with Crippen LogP contribution in [0.5, 0.6) is 0 Å². The van der Waals surface area contributed by atoms with Crippen LogP contribution in [0.15, 0.2) is 24.3 Å². The third kappa shape index (κ3) is 4.07. The molecule has 118 valence electrons. The van der Waals surface area contributed by atoms with Crippen LogP contribution in [0.4, 0.5) is 23.2 Å². The Labute approximate surface area is 121 Å². The van der Waals surface area contributed by atoms with Gasteiger partial charge >= 0.3 is 6.18 Å². The summed E-state index contributed by atoms with van der Waals surface area (Å²) >= 11 is 0. The standard InChI is InChI=1S/C14H19F4N3/c15-11-1-3-12(4-2-11)20-7-9-21(10-8-20)13(5-6-19)14(16,17)18/h1-4,13H,5-10,19H2. The van der Waals surface area contributed by atoms with Crippen molar-refractivity contribution in [1.82, 2.24) is 4.90 Å². The molecule has 2 N–H and O–H groups in total. The van der Waals surface area contributed by atoms with Crippen LogP contribution < -0.4 is 10.6 Å². The highest BCUT2D eigenvalue weighted by Crippen LogP contribution is 2.28. The van der Waals surface area contributed by atoms with Crippen LogP contribution in [0.2, 0.25) is 0 Å². The molecule has 0 aliphatic carbocycles. The third-order valence-corrected chi connectivity index (χ3v) is 3.76. The topological polar surface area (TPSA) is 32.5 Å². The van der Waals surface area contributed by atoms with Crippen molar-refractivity contribution in [2.24, 2.45) is 5.73 Å². The van der Waals surface area contributed by atoms with Crippen LogP contribution in [0.25, 0.3) is 0 Å². The molecule has 0 spiro atoms. The van der Waals surface area contributed by atoms with Crippen molar-refractivity contribution in [3.8, 4) is 0 Å². The molecule has 0 amide bonds. The monoisotopic (exact) mass is 305 g/mol. The summed E-state index contributed by atoms with van der Waals surface area (Å²) in [6.45, 7) is 1.64. The lowest BCUT2D eigenvalue weighted by atomic mass is 10.1. The molecule has 7 heteroatoms. The van der Waals surface area contributed by atoms with Crippen LogP contribution in [-0.4, -0.2) is 49.8 Å². The molecular weight excluding hydrogens is 286 g/mol. The average Bonchev–Trinajstić information content (AvgIpc) is 2.45. The third-order valence-electron chi connectivity index (χ3n) is 3.76. The van der Waals surface area contributed by atoms with Crippen molar-refractivity contribution in [3.63, 3.8) is 0 Å². The maximum absolute atomic E-state index is 13.0. The fourth-order valence-corrected chi connectivity index (χ4v) is 2.65. The van der Waals surface area contributed by atoms with Gasteiger partial charge in [-0.05, 0) is 37.2 Å². The smallest absolute Gasteiger partial charge is 0.369 e. The number of benzene rings is 1. The molecule has 1 heterocycles. The van der Waals surface area contributed by atoms with Crippen LogP contribution in [0.1, 0.15) is 6.42 Å². The summed E-state index contributed by atoms with van der Waals surface area (Å²) in [6, 6.07) is 4.53. The Hall–Kier alpha value is -1.34. The van der Waals surface area contributed by atoms with Gasteiger partial charge < -0.3 is 10.6 Å². The molecule has 1 unspecified atom stereocenters. The lowest BCUT2D eigenvalue weighted by Crippen LogP contribution is -2.55. The molecule has 3 nitrogen and oxygen atoms in total. The van der Waals surface area contributed by atoms with Crippen molar-refractivity contribution < 1.29 is 17.6 Å². The first-order chi connectivity index (χ1) is 9.91. The van der Waals surface area contributed by atoms with Crippen molar-refractivity contribution in [2.45, 2.75) is 18.6 Å². The number of alkyl halides is 3. The van der Waals surface area contributed by atoms with E-state index in [1.165, 1.54) is 17.0 Å². The second kappa shape index (κ2) is 6.62. The Bertz CT molecular complexity index is 439. The van der Waals surface area contributed by atoms with Gasteiger partial charge in [0.15, 0.2) is 0 Å². The van der Waals surface area contributed by atoms with Crippen LogP contribution >= 0.6 is 0 Å². The average molecular weight is 305 g/mol. The number of nitrogens with two attached hydrogens (primary N) is 1. The number of rotatable bonds is 4. The van der Waals surface area contributed by atoms with Gasteiger partial charge in [-0.3, -0.25) is 4.90 Å². The second-order valence-corrected chi connectivity index (χ2v) is 5.13. The maximum Gasteiger partial charge on any atom is 0.404 e. The predicted molar refractivity (Wildman–Crippen MR) is 73.7 cm³/mol. The Morgan fingerprint density at radius 3 is 2.10 bits per heavy atom. The van der Waals surface area contributed by atoms with E-state index in [2.05, 4.69) is 0 Å². The normalized spacial score (nSPS) is 18.8. The summed E-state index contributed by atoms with van der Waals surface area (Å²) in [7, 11) is 0. The van der Waals surface area contributed by atoms with Crippen LogP contribution in [-0.2, 0) is 0 Å². The Kier molecular flexibility index (Phi) is 5.05. The number of anilines is 1. The van der Waals surface area contributed by atoms with Crippen molar-refractivity contribution >= 4 is 5.69 Å². The zero-order valence-corrected chi connectivity index (χ0v) is 11.6. The number of halogens is 4. The zero-order valence-electron chi connectivity index (χ0n) is 11.6. The van der Waals surface area contributed by atoms with Gasteiger partial charge in [-0.15, -0.1) is 0 Å². The summed E-state index contributed by atoms with van der Waals surface area (Å²) in [5.41, 5.74) is 6.12. The zero-order chi connectivity index (χ0) is 15.5. The number of nitrogens with zero attached hydrogens (tertiary/aromatic N) is 2. The number of piperazine rings is 1. The van der Waals surface area contributed by atoms with E-state index < -0.39 is 12.2 Å². The molecule has 1 fully saturated rings. The molecule has 1 saturated heterocycles. The molecule has 0 radical (unpaired) electrons. The highest BCUT2D eigenvalue weighted by molar-refractivity contribution is 5.46. The highest BCUT2D eigenvalue weighted by atomic mass is 19.4. The van der Waals surface area contributed by atoms with Crippen molar-refractivity contribution in [1.29, 1.82) is 0 Å². The second-order valence-electron chi connectivity index (χ2n) is 5.13. The van der Waals surface area contributed by atoms with Gasteiger partial charge in [0.05, 0.1) is 0 Å². The first-order valence-corrected chi connectivity index (χ1v) is 6.93. The van der Waals surface area contributed by atoms with E-state index in [-0.39, 0.29) is 18.8 Å². The molecule has 21 heavy (non-hydrogen) atoms. The number of hydrogen-bond acceptors (Lipinski definition) is 3. The highest BCUT2D eigenvalue weighted by Gasteiger charge is 2.43. The first kappa shape index (κ1) is 16.0. The molecule has 1 atom stereocenters. The summed E-state index contributed by atoms with van der Waals surface area (Å²) in [4.78, 5) is 3.40. The Morgan fingerprint density at radius 1 is 1.05 bits per heavy atom. The lowest BCUT2D eigenvalue weighted by Gasteiger charge is -2.40. The Morgan fingerprint density at radius 2 is 1.62 bits per heavy atom. The van der Waals surface area contributed by atoms with Crippen molar-refractivity contribution in [2.75, 3.05) is 37.6 Å². The first-order valence-electron chi connectivity index (χ1n) is 6.93. The molecule has 1 aliphatic rings. The minimum Gasteiger partial charge on any atom is -0.369 e. The quantitative estimate of drug-likeness (QED) is 0.866. The fraction of sp³-hybridized carbons (Fsp3) is 0.571. The summed E-state index contributed by atoms with van der Waals surface area (Å²) in [5, 5.41) is 0. The molecule has 1 aromatic carbocycles. The van der Waals surface area contributed by atoms with Gasteiger partial charge in [0.2, 0.25) is 0 Å². The van der Waals surface area contributed by atoms with E-state index in [0.717, 1.165) is 5.69 Å². The Balaban J connectivity index is 1.97. The summed E-state index contributed by atoms with van der Waals surface area (Å²) < 4.78 is 51.9. The maximum atomic E-state index is 13.0. The molecule has 0 aromatic heterocycles. The van der Waals surface area contributed by atoms with E-state index in [1.54, 1.807) is 12.1 Å². The van der Waals surface area contributed by atoms with Crippen molar-refractivity contribution in [3.05, 3.63) is 30.1 Å². The molecule has 0 bridgehead atoms. The number of hydrogen-bond donors (Lipinski definition) is 1. The minimum atomic E-state index is -4.25. The summed E-state index contributed by atoms with van der Waals surface area (Å²) in [6.07, 6.45) is -4.34. The van der Waals surface area contributed by atoms with E-state index >= 15 is 0 Å². The molecule has 1 aromatic rings. The van der Waals surface area contributed by atoms with Gasteiger partial charge in [-0.1, -0.05) is 0 Å². The molecular formula is C14H19F4N3. The fourth-order valence-electron chi connectivity index (χ4n) is 2.65. The van der Waals surface area contributed by atoms with E-state index in [9.17, 15) is 17.6 Å². The largest absolute Gasteiger partial charge is 0.404 e. The predicted octanol–water partition coefficient (Wildman–Crippen LogP) is 2.23. The SMILES string of the molecule is NCCC(N1CCN(c2ccc(F)cc2)CC1)C(F)(F)F. The van der Waals surface area contributed by atoms with E-state index in [4.69, 9.17) is 5.73 Å². The molecule has 0 saturated carbocycles. The minimum absolute atomic E-state index is 0.0162. The van der Waals surface area contributed by atoms with Gasteiger partial charge in [0.25, 0.3) is 0 Å². The molecule has 1 aliphatic heterocycles. The summed E-state index contributed by atoms with van der Waals surface area (Å²) in [5.74, 6) is -0.322. The lowest BCUT2D eigenvalue weighted by molar-refractivity contribution is -0.185. The van der Waals surface area contributed by atoms with Gasteiger partial charge in [0, 0.05) is 31.9 Å². The van der Waals surface area contributed by atoms with Gasteiger partial charge in [0.1, 0.15) is 11.9 Å². The molecule has 2 rings (SSSR count). The van der Waals surface area contributed by atoms with Crippen LogP contribution in [0, 0.1) is 5.82 Å².